The second-order valence-electron chi connectivity index (χ2n) is 23.1. The molecule has 0 spiro atoms. The van der Waals surface area contributed by atoms with Gasteiger partial charge in [-0.1, -0.05) is 177 Å². The maximum absolute atomic E-state index is 11.3. The standard InChI is InChI=1S/C32H48O2.C22H28O/c1-28(2,3)22-16-20(17-23(26(22)33)29(4,5)6)32(14-13-15-32)21-18-24(30(7,8)9)27(34)25(19-21)31(10,11)12;1-16-5-7-18(8-6-16)22(19-9-11-20(23)12-10-19)14-17(2)13-21(3,4)15-22/h16-19,33-34H,13-15H2,1-12H3;5-12,17,23H,13-15H2,1-4H3. The topological polar surface area (TPSA) is 60.7 Å². The average molecular weight is 773 g/mol. The van der Waals surface area contributed by atoms with Crippen LogP contribution in [0.25, 0.3) is 0 Å². The summed E-state index contributed by atoms with van der Waals surface area (Å²) >= 11 is 0. The fraction of sp³-hybridized carbons (Fsp3) is 0.556. The van der Waals surface area contributed by atoms with E-state index in [1.54, 1.807) is 0 Å². The number of hydrogen-bond acceptors (Lipinski definition) is 3. The van der Waals surface area contributed by atoms with Gasteiger partial charge in [-0.25, -0.2) is 0 Å². The first-order chi connectivity index (χ1) is 26.0. The zero-order valence-electron chi connectivity index (χ0n) is 38.6. The molecule has 2 aliphatic carbocycles. The minimum Gasteiger partial charge on any atom is -0.508 e. The van der Waals surface area contributed by atoms with Gasteiger partial charge in [-0.05, 0) is 129 Å². The fourth-order valence-electron chi connectivity index (χ4n) is 10.2. The molecule has 0 saturated heterocycles. The molecule has 0 amide bonds. The van der Waals surface area contributed by atoms with E-state index in [1.165, 1.54) is 47.1 Å². The Morgan fingerprint density at radius 2 is 0.842 bits per heavy atom. The number of aromatic hydroxyl groups is 3. The van der Waals surface area contributed by atoms with Crippen LogP contribution in [-0.2, 0) is 32.5 Å². The van der Waals surface area contributed by atoms with Crippen molar-refractivity contribution < 1.29 is 15.3 Å². The minimum atomic E-state index is -0.160. The third kappa shape index (κ3) is 9.14. The normalized spacial score (nSPS) is 20.9. The van der Waals surface area contributed by atoms with Gasteiger partial charge in [0, 0.05) is 10.8 Å². The minimum absolute atomic E-state index is 0.0442. The maximum Gasteiger partial charge on any atom is 0.123 e. The predicted molar refractivity (Wildman–Crippen MR) is 243 cm³/mol. The summed E-state index contributed by atoms with van der Waals surface area (Å²) in [6.07, 6.45) is 6.96. The molecule has 57 heavy (non-hydrogen) atoms. The lowest BCUT2D eigenvalue weighted by molar-refractivity contribution is 0.127. The van der Waals surface area contributed by atoms with E-state index in [1.807, 2.05) is 12.1 Å². The quantitative estimate of drug-likeness (QED) is 0.194. The first kappa shape index (κ1) is 44.4. The zero-order valence-corrected chi connectivity index (χ0v) is 38.6. The molecule has 4 aromatic rings. The second kappa shape index (κ2) is 15.1. The molecule has 3 heteroatoms. The van der Waals surface area contributed by atoms with Gasteiger partial charge in [-0.15, -0.1) is 0 Å². The Morgan fingerprint density at radius 3 is 1.14 bits per heavy atom. The number of phenols is 3. The summed E-state index contributed by atoms with van der Waals surface area (Å²) in [6, 6.07) is 26.0. The molecule has 0 heterocycles. The molecule has 0 radical (unpaired) electrons. The highest BCUT2D eigenvalue weighted by Gasteiger charge is 2.46. The summed E-state index contributed by atoms with van der Waals surface area (Å²) in [4.78, 5) is 0. The first-order valence-electron chi connectivity index (χ1n) is 21.6. The second-order valence-corrected chi connectivity index (χ2v) is 23.1. The van der Waals surface area contributed by atoms with E-state index in [0.29, 0.717) is 28.6 Å². The molecular weight excluding hydrogens is 697 g/mol. The van der Waals surface area contributed by atoms with E-state index in [2.05, 4.69) is 171 Å². The van der Waals surface area contributed by atoms with E-state index < -0.39 is 0 Å². The molecule has 0 aliphatic heterocycles. The Kier molecular flexibility index (Phi) is 11.8. The van der Waals surface area contributed by atoms with Gasteiger partial charge in [0.25, 0.3) is 0 Å². The van der Waals surface area contributed by atoms with E-state index in [-0.39, 0.29) is 32.5 Å². The summed E-state index contributed by atoms with van der Waals surface area (Å²) in [5.41, 5.74) is 10.4. The summed E-state index contributed by atoms with van der Waals surface area (Å²) in [7, 11) is 0. The number of benzene rings is 4. The number of rotatable bonds is 4. The van der Waals surface area contributed by atoms with Crippen LogP contribution in [0.3, 0.4) is 0 Å². The maximum atomic E-state index is 11.3. The zero-order chi connectivity index (χ0) is 42.7. The first-order valence-corrected chi connectivity index (χ1v) is 21.6. The van der Waals surface area contributed by atoms with Gasteiger partial charge >= 0.3 is 0 Å². The van der Waals surface area contributed by atoms with Gasteiger partial charge in [0.05, 0.1) is 0 Å². The van der Waals surface area contributed by atoms with Crippen molar-refractivity contribution in [3.8, 4) is 17.2 Å². The lowest BCUT2D eigenvalue weighted by Gasteiger charge is -2.48. The molecule has 0 aromatic heterocycles. The molecule has 310 valence electrons. The van der Waals surface area contributed by atoms with E-state index in [9.17, 15) is 15.3 Å². The number of phenolic OH excluding ortho intramolecular Hbond substituents is 3. The molecule has 2 unspecified atom stereocenters. The van der Waals surface area contributed by atoms with Crippen molar-refractivity contribution in [1.29, 1.82) is 0 Å². The summed E-state index contributed by atoms with van der Waals surface area (Å²) < 4.78 is 0. The van der Waals surface area contributed by atoms with Crippen molar-refractivity contribution in [1.82, 2.24) is 0 Å². The highest BCUT2D eigenvalue weighted by Crippen LogP contribution is 2.55. The molecule has 6 rings (SSSR count). The lowest BCUT2D eigenvalue weighted by Crippen LogP contribution is -2.41. The van der Waals surface area contributed by atoms with Crippen molar-refractivity contribution in [2.75, 3.05) is 0 Å². The third-order valence-electron chi connectivity index (χ3n) is 13.2. The van der Waals surface area contributed by atoms with E-state index in [0.717, 1.165) is 41.5 Å². The van der Waals surface area contributed by atoms with Crippen LogP contribution in [0, 0.1) is 18.3 Å². The lowest BCUT2D eigenvalue weighted by atomic mass is 9.55. The average Bonchev–Trinajstić information content (AvgIpc) is 3.03. The summed E-state index contributed by atoms with van der Waals surface area (Å²) in [5.74, 6) is 1.91. The summed E-state index contributed by atoms with van der Waals surface area (Å²) in [6.45, 7) is 35.5. The Hall–Kier alpha value is -3.72. The molecule has 0 bridgehead atoms. The van der Waals surface area contributed by atoms with Crippen molar-refractivity contribution in [2.45, 2.75) is 182 Å². The Labute approximate surface area is 347 Å². The molecule has 3 N–H and O–H groups in total. The van der Waals surface area contributed by atoms with Crippen LogP contribution in [-0.4, -0.2) is 15.3 Å². The van der Waals surface area contributed by atoms with Crippen LogP contribution in [0.2, 0.25) is 0 Å². The van der Waals surface area contributed by atoms with Gasteiger partial charge in [-0.2, -0.15) is 0 Å². The van der Waals surface area contributed by atoms with Crippen LogP contribution in [0.15, 0.2) is 72.8 Å². The fourth-order valence-corrected chi connectivity index (χ4v) is 10.2. The van der Waals surface area contributed by atoms with Gasteiger partial charge < -0.3 is 15.3 Å². The monoisotopic (exact) mass is 773 g/mol. The Balaban J connectivity index is 0.000000234. The predicted octanol–water partition coefficient (Wildman–Crippen LogP) is 14.6. The smallest absolute Gasteiger partial charge is 0.123 e. The van der Waals surface area contributed by atoms with Crippen molar-refractivity contribution >= 4 is 0 Å². The van der Waals surface area contributed by atoms with Crippen molar-refractivity contribution in [3.05, 3.63) is 123 Å². The highest BCUT2D eigenvalue weighted by molar-refractivity contribution is 5.58. The molecule has 2 aliphatic rings. The van der Waals surface area contributed by atoms with Gasteiger partial charge in [0.15, 0.2) is 0 Å². The SMILES string of the molecule is CC(C)(C)c1cc(C2(c3cc(C(C)(C)C)c(O)c(C(C)(C)C)c3)CCC2)cc(C(C)(C)C)c1O.Cc1ccc(C2(c3ccc(O)cc3)CC(C)CC(C)(C)C2)cc1. The highest BCUT2D eigenvalue weighted by atomic mass is 16.3. The van der Waals surface area contributed by atoms with Gasteiger partial charge in [0.2, 0.25) is 0 Å². The largest absolute Gasteiger partial charge is 0.508 e. The van der Waals surface area contributed by atoms with Crippen molar-refractivity contribution in [3.63, 3.8) is 0 Å². The van der Waals surface area contributed by atoms with Crippen LogP contribution < -0.4 is 0 Å². The van der Waals surface area contributed by atoms with E-state index in [4.69, 9.17) is 0 Å². The van der Waals surface area contributed by atoms with Crippen molar-refractivity contribution in [2.24, 2.45) is 11.3 Å². The molecule has 2 atom stereocenters. The molecule has 2 fully saturated rings. The Bertz CT molecular complexity index is 1830. The molecular formula is C54H76O3. The molecule has 3 nitrogen and oxygen atoms in total. The number of hydrogen-bond donors (Lipinski definition) is 3. The molecule has 4 aromatic carbocycles. The summed E-state index contributed by atoms with van der Waals surface area (Å²) in [5, 5.41) is 32.3. The van der Waals surface area contributed by atoms with Gasteiger partial charge in [0.1, 0.15) is 17.2 Å². The van der Waals surface area contributed by atoms with Crippen LogP contribution in [0.1, 0.15) is 192 Å². The van der Waals surface area contributed by atoms with Crippen LogP contribution in [0.4, 0.5) is 0 Å². The van der Waals surface area contributed by atoms with E-state index >= 15 is 0 Å². The third-order valence-corrected chi connectivity index (χ3v) is 13.2. The molecule has 2 saturated carbocycles. The van der Waals surface area contributed by atoms with Crippen LogP contribution >= 0.6 is 0 Å². The van der Waals surface area contributed by atoms with Crippen LogP contribution in [0.5, 0.6) is 17.2 Å². The number of aryl methyl sites for hydroxylation is 1. The Morgan fingerprint density at radius 1 is 0.491 bits per heavy atom. The van der Waals surface area contributed by atoms with Gasteiger partial charge in [-0.3, -0.25) is 0 Å².